The Balaban J connectivity index is 1.20. The predicted octanol–water partition coefficient (Wildman–Crippen LogP) is 12.2. The Morgan fingerprint density at radius 1 is 0.554 bits per heavy atom. The molecule has 0 amide bonds. The van der Waals surface area contributed by atoms with Crippen LogP contribution < -0.4 is 0 Å². The highest BCUT2D eigenvalue weighted by atomic mass is 15.2. The van der Waals surface area contributed by atoms with Gasteiger partial charge in [-0.25, -0.2) is 4.98 Å². The van der Waals surface area contributed by atoms with Gasteiger partial charge in [0.25, 0.3) is 0 Å². The maximum Gasteiger partial charge on any atom is 0.238 e. The van der Waals surface area contributed by atoms with Crippen molar-refractivity contribution >= 4 is 43.4 Å². The zero-order chi connectivity index (χ0) is 36.3. The summed E-state index contributed by atoms with van der Waals surface area (Å²) in [4.78, 5) is 16.1. The zero-order valence-corrected chi connectivity index (χ0v) is 30.9. The van der Waals surface area contributed by atoms with Crippen molar-refractivity contribution in [3.8, 4) is 39.9 Å². The summed E-state index contributed by atoms with van der Waals surface area (Å²) >= 11 is 0. The molecule has 5 saturated carbocycles. The van der Waals surface area contributed by atoms with Crippen LogP contribution in [-0.4, -0.2) is 19.5 Å². The maximum atomic E-state index is 5.46. The van der Waals surface area contributed by atoms with Gasteiger partial charge in [0.05, 0.1) is 11.0 Å². The second-order valence-electron chi connectivity index (χ2n) is 17.5. The summed E-state index contributed by atoms with van der Waals surface area (Å²) < 4.78 is 2.47. The third kappa shape index (κ3) is 3.60. The molecule has 4 nitrogen and oxygen atoms in total. The molecule has 6 bridgehead atoms. The van der Waals surface area contributed by atoms with Crippen LogP contribution in [0.3, 0.4) is 0 Å². The van der Waals surface area contributed by atoms with Gasteiger partial charge < -0.3 is 0 Å². The second-order valence-corrected chi connectivity index (χ2v) is 17.5. The lowest BCUT2D eigenvalue weighted by Gasteiger charge is -2.51. The van der Waals surface area contributed by atoms with Crippen molar-refractivity contribution in [1.29, 1.82) is 0 Å². The van der Waals surface area contributed by atoms with E-state index >= 15 is 0 Å². The maximum absolute atomic E-state index is 5.46. The van der Waals surface area contributed by atoms with Crippen molar-refractivity contribution in [1.82, 2.24) is 19.5 Å². The number of para-hydroxylation sites is 1. The highest BCUT2D eigenvalue weighted by Gasteiger charge is 2.73. The molecule has 4 heteroatoms. The van der Waals surface area contributed by atoms with Crippen molar-refractivity contribution in [2.75, 3.05) is 0 Å². The summed E-state index contributed by atoms with van der Waals surface area (Å²) in [5.41, 5.74) is 10.4. The van der Waals surface area contributed by atoms with E-state index in [2.05, 4.69) is 150 Å². The van der Waals surface area contributed by atoms with E-state index in [9.17, 15) is 0 Å². The summed E-state index contributed by atoms with van der Waals surface area (Å²) in [6.07, 6.45) is 5.56. The van der Waals surface area contributed by atoms with E-state index in [0.717, 1.165) is 40.3 Å². The van der Waals surface area contributed by atoms with Gasteiger partial charge in [0.2, 0.25) is 5.95 Å². The Morgan fingerprint density at radius 2 is 1.20 bits per heavy atom. The molecule has 1 spiro atoms. The SMILES string of the molecule is c1ccc(-c2nc(-c3ccccc3)nc(-n3c4ccccc4c4c5ccccc5c5c(c43)C3(c4cc6ccccc6cc4-5)C4CC5CC6CC4C5C3C6)n2)cc1. The molecule has 5 fully saturated rings. The molecule has 7 unspecified atom stereocenters. The molecule has 56 heavy (non-hydrogen) atoms. The number of aromatic nitrogens is 4. The third-order valence-electron chi connectivity index (χ3n) is 15.3. The van der Waals surface area contributed by atoms with Gasteiger partial charge in [0.15, 0.2) is 11.6 Å². The van der Waals surface area contributed by atoms with Gasteiger partial charge in [-0.1, -0.05) is 127 Å². The van der Waals surface area contributed by atoms with Gasteiger partial charge in [-0.3, -0.25) is 4.57 Å². The Kier molecular flexibility index (Phi) is 5.69. The van der Waals surface area contributed by atoms with Gasteiger partial charge in [-0.05, 0) is 123 Å². The van der Waals surface area contributed by atoms with E-state index in [4.69, 9.17) is 15.0 Å². The summed E-state index contributed by atoms with van der Waals surface area (Å²) in [6, 6.07) is 53.4. The summed E-state index contributed by atoms with van der Waals surface area (Å²) in [5.74, 6) is 6.68. The molecule has 6 aliphatic rings. The van der Waals surface area contributed by atoms with Crippen LogP contribution in [0, 0.1) is 35.5 Å². The summed E-state index contributed by atoms with van der Waals surface area (Å²) in [5, 5.41) is 7.96. The van der Waals surface area contributed by atoms with Crippen LogP contribution in [0.5, 0.6) is 0 Å². The molecule has 6 aliphatic carbocycles. The van der Waals surface area contributed by atoms with Gasteiger partial charge in [0, 0.05) is 27.3 Å². The summed E-state index contributed by atoms with van der Waals surface area (Å²) in [6.45, 7) is 0. The van der Waals surface area contributed by atoms with Crippen molar-refractivity contribution in [3.63, 3.8) is 0 Å². The normalized spacial score (nSPS) is 26.4. The Labute approximate surface area is 324 Å². The van der Waals surface area contributed by atoms with E-state index in [-0.39, 0.29) is 5.41 Å². The molecule has 7 atom stereocenters. The number of hydrogen-bond acceptors (Lipinski definition) is 3. The molecule has 9 aromatic rings. The topological polar surface area (TPSA) is 43.6 Å². The first-order valence-electron chi connectivity index (χ1n) is 20.6. The molecule has 0 N–H and O–H groups in total. The van der Waals surface area contributed by atoms with Crippen LogP contribution in [0.25, 0.3) is 83.2 Å². The lowest BCUT2D eigenvalue weighted by Crippen LogP contribution is -2.47. The number of rotatable bonds is 3. The average Bonchev–Trinajstić information content (AvgIpc) is 3.91. The quantitative estimate of drug-likeness (QED) is 0.183. The van der Waals surface area contributed by atoms with E-state index in [1.807, 2.05) is 0 Å². The van der Waals surface area contributed by atoms with Crippen LogP contribution >= 0.6 is 0 Å². The molecule has 0 radical (unpaired) electrons. The molecule has 266 valence electrons. The fraction of sp³-hybridized carbons (Fsp3) is 0.212. The highest BCUT2D eigenvalue weighted by Crippen LogP contribution is 2.80. The lowest BCUT2D eigenvalue weighted by atomic mass is 9.52. The average molecular weight is 719 g/mol. The first-order chi connectivity index (χ1) is 27.8. The minimum absolute atomic E-state index is 0.0678. The van der Waals surface area contributed by atoms with Crippen LogP contribution in [-0.2, 0) is 5.41 Å². The highest BCUT2D eigenvalue weighted by molar-refractivity contribution is 6.27. The first-order valence-corrected chi connectivity index (χ1v) is 20.6. The predicted molar refractivity (Wildman–Crippen MR) is 226 cm³/mol. The minimum Gasteiger partial charge on any atom is -0.277 e. The minimum atomic E-state index is -0.0678. The summed E-state index contributed by atoms with van der Waals surface area (Å²) in [7, 11) is 0. The monoisotopic (exact) mass is 718 g/mol. The first kappa shape index (κ1) is 30.1. The van der Waals surface area contributed by atoms with Gasteiger partial charge in [-0.15, -0.1) is 0 Å². The Bertz CT molecular complexity index is 3080. The Morgan fingerprint density at radius 3 is 1.93 bits per heavy atom. The van der Waals surface area contributed by atoms with E-state index in [0.29, 0.717) is 29.4 Å². The van der Waals surface area contributed by atoms with Crippen molar-refractivity contribution in [2.24, 2.45) is 35.5 Å². The smallest absolute Gasteiger partial charge is 0.238 e. The largest absolute Gasteiger partial charge is 0.277 e. The molecule has 15 rings (SSSR count). The Hall–Kier alpha value is -6.13. The molecule has 2 heterocycles. The van der Waals surface area contributed by atoms with Crippen LogP contribution in [0.15, 0.2) is 146 Å². The van der Waals surface area contributed by atoms with Crippen LogP contribution in [0.1, 0.15) is 36.8 Å². The van der Waals surface area contributed by atoms with E-state index < -0.39 is 0 Å². The van der Waals surface area contributed by atoms with Gasteiger partial charge in [-0.2, -0.15) is 9.97 Å². The lowest BCUT2D eigenvalue weighted by molar-refractivity contribution is 0.0264. The van der Waals surface area contributed by atoms with Crippen molar-refractivity contribution in [3.05, 3.63) is 157 Å². The number of nitrogens with zero attached hydrogens (tertiary/aromatic N) is 4. The fourth-order valence-electron chi connectivity index (χ4n) is 13.8. The molecule has 7 aromatic carbocycles. The van der Waals surface area contributed by atoms with E-state index in [1.165, 1.54) is 74.6 Å². The molecule has 0 saturated heterocycles. The second kappa shape index (κ2) is 10.6. The molecule has 2 aromatic heterocycles. The van der Waals surface area contributed by atoms with Gasteiger partial charge in [0.1, 0.15) is 0 Å². The number of hydrogen-bond donors (Lipinski definition) is 0. The number of fused-ring (bicyclic) bond motifs is 14. The molecular weight excluding hydrogens is 681 g/mol. The fourth-order valence-corrected chi connectivity index (χ4v) is 13.8. The zero-order valence-electron chi connectivity index (χ0n) is 30.9. The van der Waals surface area contributed by atoms with E-state index in [1.54, 1.807) is 11.1 Å². The van der Waals surface area contributed by atoms with Gasteiger partial charge >= 0.3 is 0 Å². The van der Waals surface area contributed by atoms with Crippen LogP contribution in [0.4, 0.5) is 0 Å². The van der Waals surface area contributed by atoms with Crippen molar-refractivity contribution in [2.45, 2.75) is 31.1 Å². The standard InChI is InChI=1S/C52H38N4/c1-3-13-30(14-4-1)49-53-50(31-15-5-2-6-16-31)55-51(54-49)56-43-22-12-11-21-37(43)46-36-20-10-9-19-35(36)45-39-26-32-17-7-8-18-33(32)27-40(39)52(47(45)48(46)56)41-28-34-23-29-24-38(41)44(34)42(52)25-29/h1-22,26-27,29,34,38,41-42,44H,23-25,28H2. The number of benzene rings is 7. The van der Waals surface area contributed by atoms with Crippen LogP contribution in [0.2, 0.25) is 0 Å². The molecular formula is C52H38N4. The third-order valence-corrected chi connectivity index (χ3v) is 15.3. The van der Waals surface area contributed by atoms with Crippen molar-refractivity contribution < 1.29 is 0 Å². The molecule has 0 aliphatic heterocycles.